The summed E-state index contributed by atoms with van der Waals surface area (Å²) in [6.07, 6.45) is 2.07. The molecule has 2 N–H and O–H groups in total. The number of rotatable bonds is 5. The van der Waals surface area contributed by atoms with Gasteiger partial charge in [-0.25, -0.2) is 4.39 Å². The number of likely N-dealkylation sites (tertiary alicyclic amines) is 1. The average molecular weight is 307 g/mol. The summed E-state index contributed by atoms with van der Waals surface area (Å²) >= 11 is 0. The Balaban J connectivity index is 1.67. The Kier molecular flexibility index (Phi) is 5.46. The highest BCUT2D eigenvalue weighted by Gasteiger charge is 2.19. The van der Waals surface area contributed by atoms with Crippen LogP contribution in [0.15, 0.2) is 24.3 Å². The van der Waals surface area contributed by atoms with E-state index in [1.165, 1.54) is 24.3 Å². The lowest BCUT2D eigenvalue weighted by atomic mass is 10.3. The second kappa shape index (κ2) is 7.53. The van der Waals surface area contributed by atoms with Crippen LogP contribution in [0.3, 0.4) is 0 Å². The standard InChI is InChI=1S/C15H18FN3O3/c16-11-4-6-12(7-5-11)18-15(22)14(21)17-8-2-10-19-9-1-3-13(19)20/h4-7H,1-3,8-10H2,(H,17,21)(H,18,22). The number of anilines is 1. The number of halogens is 1. The molecule has 1 aromatic rings. The fourth-order valence-corrected chi connectivity index (χ4v) is 2.21. The van der Waals surface area contributed by atoms with E-state index in [1.807, 2.05) is 0 Å². The Hall–Kier alpha value is -2.44. The molecule has 1 aliphatic rings. The molecule has 1 saturated heterocycles. The fraction of sp³-hybridized carbons (Fsp3) is 0.400. The lowest BCUT2D eigenvalue weighted by molar-refractivity contribution is -0.136. The van der Waals surface area contributed by atoms with Gasteiger partial charge in [-0.05, 0) is 37.1 Å². The smallest absolute Gasteiger partial charge is 0.313 e. The molecular weight excluding hydrogens is 289 g/mol. The van der Waals surface area contributed by atoms with Gasteiger partial charge in [-0.3, -0.25) is 14.4 Å². The van der Waals surface area contributed by atoms with Crippen LogP contribution < -0.4 is 10.6 Å². The molecule has 0 saturated carbocycles. The summed E-state index contributed by atoms with van der Waals surface area (Å²) in [4.78, 5) is 36.4. The van der Waals surface area contributed by atoms with E-state index < -0.39 is 17.6 Å². The molecule has 0 aliphatic carbocycles. The Labute approximate surface area is 127 Å². The van der Waals surface area contributed by atoms with E-state index >= 15 is 0 Å². The molecule has 2 rings (SSSR count). The van der Waals surface area contributed by atoms with Crippen LogP contribution in [0.2, 0.25) is 0 Å². The maximum Gasteiger partial charge on any atom is 0.313 e. The third-order valence-electron chi connectivity index (χ3n) is 3.37. The number of nitrogens with zero attached hydrogens (tertiary/aromatic N) is 1. The summed E-state index contributed by atoms with van der Waals surface area (Å²) in [5, 5.41) is 4.87. The Morgan fingerprint density at radius 3 is 2.55 bits per heavy atom. The van der Waals surface area contributed by atoms with Gasteiger partial charge in [0.1, 0.15) is 5.82 Å². The zero-order valence-electron chi connectivity index (χ0n) is 12.1. The van der Waals surface area contributed by atoms with Crippen LogP contribution in [0, 0.1) is 5.82 Å². The van der Waals surface area contributed by atoms with E-state index in [0.717, 1.165) is 13.0 Å². The lowest BCUT2D eigenvalue weighted by Gasteiger charge is -2.15. The van der Waals surface area contributed by atoms with Crippen LogP contribution in [0.25, 0.3) is 0 Å². The highest BCUT2D eigenvalue weighted by Crippen LogP contribution is 2.09. The van der Waals surface area contributed by atoms with Crippen LogP contribution >= 0.6 is 0 Å². The first-order valence-corrected chi connectivity index (χ1v) is 7.19. The van der Waals surface area contributed by atoms with Crippen molar-refractivity contribution in [1.82, 2.24) is 10.2 Å². The van der Waals surface area contributed by atoms with Crippen molar-refractivity contribution in [2.24, 2.45) is 0 Å². The molecule has 22 heavy (non-hydrogen) atoms. The molecule has 7 heteroatoms. The number of hydrogen-bond donors (Lipinski definition) is 2. The summed E-state index contributed by atoms with van der Waals surface area (Å²) in [6.45, 7) is 1.66. The maximum absolute atomic E-state index is 12.7. The van der Waals surface area contributed by atoms with Crippen LogP contribution in [0.1, 0.15) is 19.3 Å². The van der Waals surface area contributed by atoms with Gasteiger partial charge in [-0.2, -0.15) is 0 Å². The summed E-state index contributed by atoms with van der Waals surface area (Å²) in [7, 11) is 0. The van der Waals surface area contributed by atoms with E-state index in [9.17, 15) is 18.8 Å². The van der Waals surface area contributed by atoms with Crippen LogP contribution in [0.4, 0.5) is 10.1 Å². The van der Waals surface area contributed by atoms with Gasteiger partial charge in [0.25, 0.3) is 0 Å². The third-order valence-corrected chi connectivity index (χ3v) is 3.37. The molecule has 0 spiro atoms. The van der Waals surface area contributed by atoms with Gasteiger partial charge in [0.05, 0.1) is 0 Å². The monoisotopic (exact) mass is 307 g/mol. The van der Waals surface area contributed by atoms with Gasteiger partial charge < -0.3 is 15.5 Å². The van der Waals surface area contributed by atoms with Gasteiger partial charge >= 0.3 is 11.8 Å². The van der Waals surface area contributed by atoms with Crippen LogP contribution in [-0.2, 0) is 14.4 Å². The molecule has 0 bridgehead atoms. The van der Waals surface area contributed by atoms with Crippen molar-refractivity contribution >= 4 is 23.4 Å². The van der Waals surface area contributed by atoms with Crippen molar-refractivity contribution in [3.63, 3.8) is 0 Å². The highest BCUT2D eigenvalue weighted by atomic mass is 19.1. The highest BCUT2D eigenvalue weighted by molar-refractivity contribution is 6.39. The van der Waals surface area contributed by atoms with Crippen molar-refractivity contribution in [3.8, 4) is 0 Å². The predicted octanol–water partition coefficient (Wildman–Crippen LogP) is 0.893. The summed E-state index contributed by atoms with van der Waals surface area (Å²) in [5.74, 6) is -1.83. The quantitative estimate of drug-likeness (QED) is 0.626. The zero-order valence-corrected chi connectivity index (χ0v) is 12.1. The van der Waals surface area contributed by atoms with Crippen molar-refractivity contribution in [2.45, 2.75) is 19.3 Å². The summed E-state index contributed by atoms with van der Waals surface area (Å²) in [6, 6.07) is 5.14. The first-order valence-electron chi connectivity index (χ1n) is 7.19. The Bertz CT molecular complexity index is 560. The molecule has 118 valence electrons. The molecule has 1 fully saturated rings. The molecular formula is C15H18FN3O3. The molecule has 0 aromatic heterocycles. The third kappa shape index (κ3) is 4.54. The minimum absolute atomic E-state index is 0.139. The van der Waals surface area contributed by atoms with Crippen molar-refractivity contribution in [1.29, 1.82) is 0 Å². The van der Waals surface area contributed by atoms with E-state index in [4.69, 9.17) is 0 Å². The average Bonchev–Trinajstić information content (AvgIpc) is 2.91. The summed E-state index contributed by atoms with van der Waals surface area (Å²) < 4.78 is 12.7. The molecule has 3 amide bonds. The Morgan fingerprint density at radius 1 is 1.18 bits per heavy atom. The number of nitrogens with one attached hydrogen (secondary N) is 2. The van der Waals surface area contributed by atoms with Crippen LogP contribution in [-0.4, -0.2) is 42.3 Å². The van der Waals surface area contributed by atoms with E-state index in [0.29, 0.717) is 31.6 Å². The minimum atomic E-state index is -0.802. The van der Waals surface area contributed by atoms with Gasteiger partial charge in [0, 0.05) is 31.7 Å². The molecule has 0 radical (unpaired) electrons. The second-order valence-corrected chi connectivity index (χ2v) is 5.05. The molecule has 1 heterocycles. The van der Waals surface area contributed by atoms with Gasteiger partial charge in [0.2, 0.25) is 5.91 Å². The van der Waals surface area contributed by atoms with Crippen molar-refractivity contribution in [2.75, 3.05) is 25.0 Å². The molecule has 0 unspecified atom stereocenters. The Morgan fingerprint density at radius 2 is 1.91 bits per heavy atom. The number of carbonyl (C=O) groups is 3. The second-order valence-electron chi connectivity index (χ2n) is 5.05. The number of hydrogen-bond acceptors (Lipinski definition) is 3. The molecule has 1 aromatic carbocycles. The number of carbonyl (C=O) groups excluding carboxylic acids is 3. The first kappa shape index (κ1) is 15.9. The molecule has 6 nitrogen and oxygen atoms in total. The normalized spacial score (nSPS) is 14.0. The van der Waals surface area contributed by atoms with Gasteiger partial charge in [0.15, 0.2) is 0 Å². The molecule has 1 aliphatic heterocycles. The SMILES string of the molecule is O=C(NCCCN1CCCC1=O)C(=O)Nc1ccc(F)cc1. The van der Waals surface area contributed by atoms with E-state index in [1.54, 1.807) is 4.90 Å². The lowest BCUT2D eigenvalue weighted by Crippen LogP contribution is -2.37. The van der Waals surface area contributed by atoms with Crippen LogP contribution in [0.5, 0.6) is 0 Å². The topological polar surface area (TPSA) is 78.5 Å². The fourth-order valence-electron chi connectivity index (χ4n) is 2.21. The number of benzene rings is 1. The first-order chi connectivity index (χ1) is 10.6. The maximum atomic E-state index is 12.7. The van der Waals surface area contributed by atoms with Gasteiger partial charge in [-0.1, -0.05) is 0 Å². The predicted molar refractivity (Wildman–Crippen MR) is 78.5 cm³/mol. The minimum Gasteiger partial charge on any atom is -0.348 e. The zero-order chi connectivity index (χ0) is 15.9. The number of amides is 3. The van der Waals surface area contributed by atoms with Gasteiger partial charge in [-0.15, -0.1) is 0 Å². The van der Waals surface area contributed by atoms with E-state index in [-0.39, 0.29) is 5.91 Å². The summed E-state index contributed by atoms with van der Waals surface area (Å²) in [5.41, 5.74) is 0.351. The van der Waals surface area contributed by atoms with Crippen molar-refractivity contribution in [3.05, 3.63) is 30.1 Å². The van der Waals surface area contributed by atoms with E-state index in [2.05, 4.69) is 10.6 Å². The largest absolute Gasteiger partial charge is 0.348 e. The molecule has 0 atom stereocenters. The van der Waals surface area contributed by atoms with Crippen molar-refractivity contribution < 1.29 is 18.8 Å².